The average molecular weight is 325 g/mol. The molecule has 1 aromatic rings. The van der Waals surface area contributed by atoms with Crippen LogP contribution in [0.1, 0.15) is 17.5 Å². The minimum atomic E-state index is 0.151. The Morgan fingerprint density at radius 2 is 2.21 bits per heavy atom. The standard InChI is InChI=1S/C14H17BrN2O2/c15-12-7-10-2-6-19-14(10)11(8-12)9-17-4-1-13(18)16-3-5-17/h7-8H,1-6,9H2,(H,16,18). The van der Waals surface area contributed by atoms with Crippen molar-refractivity contribution in [3.05, 3.63) is 27.7 Å². The molecule has 0 radical (unpaired) electrons. The quantitative estimate of drug-likeness (QED) is 0.900. The Hall–Kier alpha value is -1.07. The van der Waals surface area contributed by atoms with Crippen LogP contribution in [-0.4, -0.2) is 37.0 Å². The number of hydrogen-bond acceptors (Lipinski definition) is 3. The fourth-order valence-corrected chi connectivity index (χ4v) is 3.23. The minimum Gasteiger partial charge on any atom is -0.493 e. The molecule has 0 aromatic heterocycles. The summed E-state index contributed by atoms with van der Waals surface area (Å²) in [5.74, 6) is 1.20. The molecule has 2 aliphatic heterocycles. The van der Waals surface area contributed by atoms with E-state index in [0.29, 0.717) is 6.42 Å². The lowest BCUT2D eigenvalue weighted by molar-refractivity contribution is -0.120. The number of rotatable bonds is 2. The molecule has 1 N–H and O–H groups in total. The monoisotopic (exact) mass is 324 g/mol. The molecular formula is C14H17BrN2O2. The molecule has 0 saturated carbocycles. The van der Waals surface area contributed by atoms with E-state index in [9.17, 15) is 4.79 Å². The normalized spacial score (nSPS) is 19.5. The van der Waals surface area contributed by atoms with Crippen molar-refractivity contribution in [2.75, 3.05) is 26.2 Å². The average Bonchev–Trinajstić information content (AvgIpc) is 2.74. The largest absolute Gasteiger partial charge is 0.493 e. The van der Waals surface area contributed by atoms with Gasteiger partial charge in [0.15, 0.2) is 0 Å². The van der Waals surface area contributed by atoms with E-state index in [1.165, 1.54) is 11.1 Å². The number of fused-ring (bicyclic) bond motifs is 1. The first kappa shape index (κ1) is 12.9. The first-order chi connectivity index (χ1) is 9.22. The molecular weight excluding hydrogens is 308 g/mol. The number of amides is 1. The maximum Gasteiger partial charge on any atom is 0.221 e. The van der Waals surface area contributed by atoms with Crippen LogP contribution in [0.3, 0.4) is 0 Å². The van der Waals surface area contributed by atoms with Crippen molar-refractivity contribution in [2.24, 2.45) is 0 Å². The topological polar surface area (TPSA) is 41.6 Å². The van der Waals surface area contributed by atoms with E-state index >= 15 is 0 Å². The molecule has 2 aliphatic rings. The molecule has 0 spiro atoms. The van der Waals surface area contributed by atoms with E-state index in [2.05, 4.69) is 38.3 Å². The van der Waals surface area contributed by atoms with Gasteiger partial charge in [0.05, 0.1) is 6.61 Å². The third-order valence-electron chi connectivity index (χ3n) is 3.62. The zero-order chi connectivity index (χ0) is 13.2. The summed E-state index contributed by atoms with van der Waals surface area (Å²) in [7, 11) is 0. The summed E-state index contributed by atoms with van der Waals surface area (Å²) < 4.78 is 6.86. The molecule has 0 unspecified atom stereocenters. The number of ether oxygens (including phenoxy) is 1. The number of nitrogens with one attached hydrogen (secondary N) is 1. The smallest absolute Gasteiger partial charge is 0.221 e. The number of benzene rings is 1. The van der Waals surface area contributed by atoms with E-state index in [1.807, 2.05) is 0 Å². The van der Waals surface area contributed by atoms with Crippen molar-refractivity contribution in [2.45, 2.75) is 19.4 Å². The van der Waals surface area contributed by atoms with Gasteiger partial charge in [-0.15, -0.1) is 0 Å². The van der Waals surface area contributed by atoms with Crippen molar-refractivity contribution < 1.29 is 9.53 Å². The van der Waals surface area contributed by atoms with Gasteiger partial charge in [-0.1, -0.05) is 15.9 Å². The van der Waals surface area contributed by atoms with Gasteiger partial charge in [0.2, 0.25) is 5.91 Å². The maximum atomic E-state index is 11.4. The van der Waals surface area contributed by atoms with Crippen LogP contribution in [0.25, 0.3) is 0 Å². The highest BCUT2D eigenvalue weighted by Crippen LogP contribution is 2.33. The number of halogens is 1. The third kappa shape index (κ3) is 2.92. The first-order valence-corrected chi connectivity index (χ1v) is 7.45. The molecule has 1 saturated heterocycles. The van der Waals surface area contributed by atoms with Gasteiger partial charge in [-0.3, -0.25) is 9.69 Å². The fourth-order valence-electron chi connectivity index (χ4n) is 2.68. The van der Waals surface area contributed by atoms with E-state index < -0.39 is 0 Å². The molecule has 1 fully saturated rings. The molecule has 3 rings (SSSR count). The fraction of sp³-hybridized carbons (Fsp3) is 0.500. The van der Waals surface area contributed by atoms with Crippen LogP contribution in [0.15, 0.2) is 16.6 Å². The van der Waals surface area contributed by atoms with Gasteiger partial charge in [-0.05, 0) is 17.7 Å². The van der Waals surface area contributed by atoms with Crippen LogP contribution < -0.4 is 10.1 Å². The van der Waals surface area contributed by atoms with E-state index in [0.717, 1.165) is 49.4 Å². The number of carbonyl (C=O) groups excluding carboxylic acids is 1. The lowest BCUT2D eigenvalue weighted by atomic mass is 10.1. The van der Waals surface area contributed by atoms with Crippen molar-refractivity contribution >= 4 is 21.8 Å². The number of nitrogens with zero attached hydrogens (tertiary/aromatic N) is 1. The lowest BCUT2D eigenvalue weighted by Crippen LogP contribution is -2.28. The third-order valence-corrected chi connectivity index (χ3v) is 4.08. The molecule has 1 aromatic carbocycles. The second-order valence-corrected chi connectivity index (χ2v) is 5.94. The van der Waals surface area contributed by atoms with Crippen LogP contribution in [0.4, 0.5) is 0 Å². The van der Waals surface area contributed by atoms with Gasteiger partial charge in [0.1, 0.15) is 5.75 Å². The Balaban J connectivity index is 1.78. The highest BCUT2D eigenvalue weighted by molar-refractivity contribution is 9.10. The first-order valence-electron chi connectivity index (χ1n) is 6.65. The van der Waals surface area contributed by atoms with Crippen LogP contribution in [0, 0.1) is 0 Å². The second-order valence-electron chi connectivity index (χ2n) is 5.03. The zero-order valence-corrected chi connectivity index (χ0v) is 12.3. The summed E-state index contributed by atoms with van der Waals surface area (Å²) in [6, 6.07) is 4.27. The number of carbonyl (C=O) groups is 1. The van der Waals surface area contributed by atoms with Crippen LogP contribution in [0.2, 0.25) is 0 Å². The summed E-state index contributed by atoms with van der Waals surface area (Å²) in [4.78, 5) is 13.7. The minimum absolute atomic E-state index is 0.151. The Morgan fingerprint density at radius 1 is 1.32 bits per heavy atom. The highest BCUT2D eigenvalue weighted by Gasteiger charge is 2.20. The Bertz CT molecular complexity index is 504. The molecule has 1 amide bonds. The molecule has 0 bridgehead atoms. The van der Waals surface area contributed by atoms with Crippen LogP contribution >= 0.6 is 15.9 Å². The van der Waals surface area contributed by atoms with E-state index in [4.69, 9.17) is 4.74 Å². The van der Waals surface area contributed by atoms with Crippen molar-refractivity contribution in [3.63, 3.8) is 0 Å². The summed E-state index contributed by atoms with van der Waals surface area (Å²) in [6.07, 6.45) is 1.57. The molecule has 5 heteroatoms. The summed E-state index contributed by atoms with van der Waals surface area (Å²) in [6.45, 7) is 4.06. The summed E-state index contributed by atoms with van der Waals surface area (Å²) >= 11 is 3.57. The Kier molecular flexibility index (Phi) is 3.75. The maximum absolute atomic E-state index is 11.4. The van der Waals surface area contributed by atoms with Gasteiger partial charge >= 0.3 is 0 Å². The van der Waals surface area contributed by atoms with Crippen LogP contribution in [-0.2, 0) is 17.8 Å². The van der Waals surface area contributed by atoms with Gasteiger partial charge in [-0.25, -0.2) is 0 Å². The van der Waals surface area contributed by atoms with Crippen LogP contribution in [0.5, 0.6) is 5.75 Å². The van der Waals surface area contributed by atoms with Crippen molar-refractivity contribution in [1.82, 2.24) is 10.2 Å². The lowest BCUT2D eigenvalue weighted by Gasteiger charge is -2.20. The van der Waals surface area contributed by atoms with Gasteiger partial charge in [0.25, 0.3) is 0 Å². The molecule has 0 atom stereocenters. The number of hydrogen-bond donors (Lipinski definition) is 1. The van der Waals surface area contributed by atoms with Gasteiger partial charge in [0, 0.05) is 49.1 Å². The summed E-state index contributed by atoms with van der Waals surface area (Å²) in [5.41, 5.74) is 2.50. The molecule has 19 heavy (non-hydrogen) atoms. The van der Waals surface area contributed by atoms with Crippen molar-refractivity contribution in [1.29, 1.82) is 0 Å². The highest BCUT2D eigenvalue weighted by atomic mass is 79.9. The predicted octanol–water partition coefficient (Wildman–Crippen LogP) is 1.71. The van der Waals surface area contributed by atoms with Gasteiger partial charge in [-0.2, -0.15) is 0 Å². The van der Waals surface area contributed by atoms with E-state index in [1.54, 1.807) is 0 Å². The van der Waals surface area contributed by atoms with Crippen molar-refractivity contribution in [3.8, 4) is 5.75 Å². The molecule has 0 aliphatic carbocycles. The van der Waals surface area contributed by atoms with Gasteiger partial charge < -0.3 is 10.1 Å². The second kappa shape index (κ2) is 5.51. The Morgan fingerprint density at radius 3 is 3.11 bits per heavy atom. The predicted molar refractivity (Wildman–Crippen MR) is 76.2 cm³/mol. The molecule has 2 heterocycles. The molecule has 102 valence electrons. The molecule has 4 nitrogen and oxygen atoms in total. The van der Waals surface area contributed by atoms with E-state index in [-0.39, 0.29) is 5.91 Å². The summed E-state index contributed by atoms with van der Waals surface area (Å²) in [5, 5.41) is 2.90. The SMILES string of the molecule is O=C1CCN(Cc2cc(Br)cc3c2OCC3)CCN1. The Labute approximate surface area is 121 Å². The zero-order valence-electron chi connectivity index (χ0n) is 10.7.